The fraction of sp³-hybridized carbons (Fsp3) is 0.684. The van der Waals surface area contributed by atoms with Crippen molar-refractivity contribution in [2.24, 2.45) is 17.8 Å². The third-order valence-electron chi connectivity index (χ3n) is 5.84. The van der Waals surface area contributed by atoms with Gasteiger partial charge in [-0.2, -0.15) is 0 Å². The molecule has 1 aromatic carbocycles. The molecule has 110 valence electrons. The molecule has 1 N–H and O–H groups in total. The molecule has 0 heterocycles. The van der Waals surface area contributed by atoms with Crippen molar-refractivity contribution in [3.63, 3.8) is 0 Å². The van der Waals surface area contributed by atoms with Gasteiger partial charge in [-0.1, -0.05) is 37.6 Å². The molecule has 2 aliphatic rings. The summed E-state index contributed by atoms with van der Waals surface area (Å²) in [7, 11) is 0. The summed E-state index contributed by atoms with van der Waals surface area (Å²) >= 11 is 0. The predicted molar refractivity (Wildman–Crippen MR) is 85.8 cm³/mol. The monoisotopic (exact) mass is 271 g/mol. The van der Waals surface area contributed by atoms with Crippen molar-refractivity contribution in [1.29, 1.82) is 0 Å². The Kier molecular flexibility index (Phi) is 4.16. The Morgan fingerprint density at radius 1 is 1.10 bits per heavy atom. The van der Waals surface area contributed by atoms with Crippen molar-refractivity contribution in [2.45, 2.75) is 65.0 Å². The van der Waals surface area contributed by atoms with E-state index < -0.39 is 0 Å². The number of nitrogens with one attached hydrogen (secondary N) is 1. The van der Waals surface area contributed by atoms with Gasteiger partial charge in [0.25, 0.3) is 0 Å². The highest BCUT2D eigenvalue weighted by Gasteiger charge is 2.41. The average molecular weight is 271 g/mol. The lowest BCUT2D eigenvalue weighted by Gasteiger charge is -2.31. The molecule has 0 aromatic heterocycles. The van der Waals surface area contributed by atoms with Crippen LogP contribution in [-0.2, 0) is 6.42 Å². The minimum absolute atomic E-state index is 0.468. The summed E-state index contributed by atoms with van der Waals surface area (Å²) < 4.78 is 0. The summed E-state index contributed by atoms with van der Waals surface area (Å²) in [6, 6.07) is 10.3. The van der Waals surface area contributed by atoms with E-state index in [2.05, 4.69) is 50.4 Å². The van der Waals surface area contributed by atoms with Gasteiger partial charge in [0.05, 0.1) is 0 Å². The smallest absolute Gasteiger partial charge is 0.0294 e. The maximum Gasteiger partial charge on any atom is 0.0294 e. The first kappa shape index (κ1) is 14.1. The van der Waals surface area contributed by atoms with E-state index in [1.165, 1.54) is 36.8 Å². The lowest BCUT2D eigenvalue weighted by atomic mass is 9.83. The fourth-order valence-corrected chi connectivity index (χ4v) is 4.56. The van der Waals surface area contributed by atoms with Gasteiger partial charge in [-0.15, -0.1) is 0 Å². The van der Waals surface area contributed by atoms with Gasteiger partial charge in [-0.25, -0.2) is 0 Å². The first-order valence-corrected chi connectivity index (χ1v) is 8.52. The van der Waals surface area contributed by atoms with Crippen LogP contribution in [0.3, 0.4) is 0 Å². The molecule has 1 heteroatoms. The first-order chi connectivity index (χ1) is 9.67. The zero-order chi connectivity index (χ0) is 14.1. The van der Waals surface area contributed by atoms with E-state index in [0.717, 1.165) is 24.2 Å². The van der Waals surface area contributed by atoms with E-state index in [-0.39, 0.29) is 0 Å². The van der Waals surface area contributed by atoms with E-state index in [4.69, 9.17) is 0 Å². The summed E-state index contributed by atoms with van der Waals surface area (Å²) in [5.74, 6) is 2.98. The third-order valence-corrected chi connectivity index (χ3v) is 5.84. The summed E-state index contributed by atoms with van der Waals surface area (Å²) in [5, 5.41) is 3.86. The standard InChI is InChI=1S/C19H29N/c1-4-15-5-8-17(9-6-15)13(2)20-14(3)19-12-16-7-10-18(19)11-16/h5-6,8-9,13-14,16,18-20H,4,7,10-12H2,1-3H3. The molecule has 5 unspecified atom stereocenters. The molecule has 0 amide bonds. The number of hydrogen-bond acceptors (Lipinski definition) is 1. The molecule has 5 atom stereocenters. The van der Waals surface area contributed by atoms with Crippen LogP contribution in [0.1, 0.15) is 63.6 Å². The van der Waals surface area contributed by atoms with Gasteiger partial charge in [0, 0.05) is 12.1 Å². The van der Waals surface area contributed by atoms with Gasteiger partial charge in [0.2, 0.25) is 0 Å². The van der Waals surface area contributed by atoms with Crippen molar-refractivity contribution in [1.82, 2.24) is 5.32 Å². The van der Waals surface area contributed by atoms with Gasteiger partial charge in [0.15, 0.2) is 0 Å². The molecule has 1 nitrogen and oxygen atoms in total. The Hall–Kier alpha value is -0.820. The highest BCUT2D eigenvalue weighted by Crippen LogP contribution is 2.49. The highest BCUT2D eigenvalue weighted by molar-refractivity contribution is 5.24. The van der Waals surface area contributed by atoms with Crippen LogP contribution in [0.25, 0.3) is 0 Å². The van der Waals surface area contributed by atoms with Crippen molar-refractivity contribution >= 4 is 0 Å². The Morgan fingerprint density at radius 2 is 1.85 bits per heavy atom. The normalized spacial score (nSPS) is 31.4. The van der Waals surface area contributed by atoms with Crippen LogP contribution in [0.2, 0.25) is 0 Å². The van der Waals surface area contributed by atoms with Gasteiger partial charge >= 0.3 is 0 Å². The lowest BCUT2D eigenvalue weighted by molar-refractivity contribution is 0.248. The van der Waals surface area contributed by atoms with Crippen molar-refractivity contribution in [3.8, 4) is 0 Å². The quantitative estimate of drug-likeness (QED) is 0.816. The number of fused-ring (bicyclic) bond motifs is 2. The molecule has 3 rings (SSSR count). The van der Waals surface area contributed by atoms with Crippen LogP contribution in [0.5, 0.6) is 0 Å². The van der Waals surface area contributed by atoms with Crippen LogP contribution >= 0.6 is 0 Å². The number of hydrogen-bond donors (Lipinski definition) is 1. The molecule has 2 fully saturated rings. The molecular weight excluding hydrogens is 242 g/mol. The number of aryl methyl sites for hydroxylation is 1. The summed E-state index contributed by atoms with van der Waals surface area (Å²) in [6.07, 6.45) is 7.10. The third kappa shape index (κ3) is 2.79. The summed E-state index contributed by atoms with van der Waals surface area (Å²) in [6.45, 7) is 6.93. The second-order valence-corrected chi connectivity index (χ2v) is 7.11. The lowest BCUT2D eigenvalue weighted by Crippen LogP contribution is -2.37. The maximum absolute atomic E-state index is 3.86. The van der Waals surface area contributed by atoms with E-state index in [9.17, 15) is 0 Å². The molecule has 2 bridgehead atoms. The van der Waals surface area contributed by atoms with E-state index >= 15 is 0 Å². The molecule has 0 saturated heterocycles. The van der Waals surface area contributed by atoms with E-state index in [0.29, 0.717) is 12.1 Å². The van der Waals surface area contributed by atoms with Crippen molar-refractivity contribution in [2.75, 3.05) is 0 Å². The van der Waals surface area contributed by atoms with Gasteiger partial charge < -0.3 is 5.32 Å². The Bertz CT molecular complexity index is 436. The molecular formula is C19H29N. The minimum Gasteiger partial charge on any atom is -0.307 e. The molecule has 1 aromatic rings. The first-order valence-electron chi connectivity index (χ1n) is 8.52. The van der Waals surface area contributed by atoms with Crippen LogP contribution in [0.15, 0.2) is 24.3 Å². The molecule has 0 spiro atoms. The van der Waals surface area contributed by atoms with Gasteiger partial charge in [-0.05, 0) is 68.4 Å². The molecule has 20 heavy (non-hydrogen) atoms. The summed E-state index contributed by atoms with van der Waals surface area (Å²) in [4.78, 5) is 0. The Balaban J connectivity index is 1.58. The van der Waals surface area contributed by atoms with Crippen LogP contribution in [-0.4, -0.2) is 6.04 Å². The predicted octanol–water partition coefficient (Wildman–Crippen LogP) is 4.72. The number of rotatable bonds is 5. The molecule has 0 radical (unpaired) electrons. The van der Waals surface area contributed by atoms with Crippen LogP contribution in [0.4, 0.5) is 0 Å². The van der Waals surface area contributed by atoms with Crippen molar-refractivity contribution < 1.29 is 0 Å². The van der Waals surface area contributed by atoms with Gasteiger partial charge in [0.1, 0.15) is 0 Å². The topological polar surface area (TPSA) is 12.0 Å². The minimum atomic E-state index is 0.468. The van der Waals surface area contributed by atoms with Crippen molar-refractivity contribution in [3.05, 3.63) is 35.4 Å². The Labute approximate surface area is 124 Å². The largest absolute Gasteiger partial charge is 0.307 e. The van der Waals surface area contributed by atoms with Crippen LogP contribution < -0.4 is 5.32 Å². The van der Waals surface area contributed by atoms with Crippen LogP contribution in [0, 0.1) is 17.8 Å². The van der Waals surface area contributed by atoms with E-state index in [1.54, 1.807) is 0 Å². The SMILES string of the molecule is CCc1ccc(C(C)NC(C)C2CC3CCC2C3)cc1. The molecule has 2 saturated carbocycles. The maximum atomic E-state index is 3.86. The average Bonchev–Trinajstić information content (AvgIpc) is 3.10. The second-order valence-electron chi connectivity index (χ2n) is 7.11. The second kappa shape index (κ2) is 5.89. The van der Waals surface area contributed by atoms with Gasteiger partial charge in [-0.3, -0.25) is 0 Å². The van der Waals surface area contributed by atoms with E-state index in [1.807, 2.05) is 0 Å². The summed E-state index contributed by atoms with van der Waals surface area (Å²) in [5.41, 5.74) is 2.86. The fourth-order valence-electron chi connectivity index (χ4n) is 4.56. The number of benzene rings is 1. The molecule has 0 aliphatic heterocycles. The highest BCUT2D eigenvalue weighted by atomic mass is 14.9. The Morgan fingerprint density at radius 3 is 2.40 bits per heavy atom. The zero-order valence-electron chi connectivity index (χ0n) is 13.2. The molecule has 2 aliphatic carbocycles. The zero-order valence-corrected chi connectivity index (χ0v) is 13.2.